The molecule has 1 atom stereocenters. The van der Waals surface area contributed by atoms with E-state index in [1.54, 1.807) is 31.2 Å². The molecule has 25 heavy (non-hydrogen) atoms. The van der Waals surface area contributed by atoms with Crippen molar-refractivity contribution in [3.63, 3.8) is 0 Å². The highest BCUT2D eigenvalue weighted by Crippen LogP contribution is 2.25. The average molecular weight is 381 g/mol. The predicted molar refractivity (Wildman–Crippen MR) is 103 cm³/mol. The Hall–Kier alpha value is -2.05. The summed E-state index contributed by atoms with van der Waals surface area (Å²) in [5.41, 5.74) is 3.00. The molecule has 0 radical (unpaired) electrons. The number of sulfonamides is 1. The summed E-state index contributed by atoms with van der Waals surface area (Å²) in [5, 5.41) is 3.19. The zero-order valence-corrected chi connectivity index (χ0v) is 16.1. The first kappa shape index (κ1) is 19.3. The molecule has 0 fully saturated rings. The zero-order valence-electron chi connectivity index (χ0n) is 14.6. The Bertz CT molecular complexity index is 897. The van der Waals surface area contributed by atoms with Gasteiger partial charge in [0.15, 0.2) is 0 Å². The number of rotatable bonds is 5. The number of amides is 1. The van der Waals surface area contributed by atoms with Gasteiger partial charge in [-0.2, -0.15) is 0 Å². The van der Waals surface area contributed by atoms with Crippen LogP contribution in [0.5, 0.6) is 0 Å². The molecule has 7 heteroatoms. The second kappa shape index (κ2) is 7.45. The Morgan fingerprint density at radius 2 is 1.84 bits per heavy atom. The fourth-order valence-electron chi connectivity index (χ4n) is 2.61. The molecule has 0 saturated carbocycles. The molecule has 1 N–H and O–H groups in total. The lowest BCUT2D eigenvalue weighted by molar-refractivity contribution is -0.116. The van der Waals surface area contributed by atoms with Gasteiger partial charge < -0.3 is 5.32 Å². The van der Waals surface area contributed by atoms with Gasteiger partial charge >= 0.3 is 0 Å². The van der Waals surface area contributed by atoms with Crippen LogP contribution in [0.4, 0.5) is 11.4 Å². The van der Waals surface area contributed by atoms with Gasteiger partial charge in [-0.1, -0.05) is 35.4 Å². The van der Waals surface area contributed by atoms with E-state index >= 15 is 0 Å². The molecule has 0 aromatic heterocycles. The molecule has 0 spiro atoms. The summed E-state index contributed by atoms with van der Waals surface area (Å²) < 4.78 is 25.6. The quantitative estimate of drug-likeness (QED) is 0.858. The third kappa shape index (κ3) is 4.74. The van der Waals surface area contributed by atoms with Gasteiger partial charge in [0.05, 0.1) is 11.9 Å². The number of carbonyl (C=O) groups is 1. The fraction of sp³-hybridized carbons (Fsp3) is 0.278. The lowest BCUT2D eigenvalue weighted by atomic mass is 10.1. The fourth-order valence-corrected chi connectivity index (χ4v) is 3.96. The van der Waals surface area contributed by atoms with Gasteiger partial charge in [-0.05, 0) is 50.6 Å². The molecule has 134 valence electrons. The molecule has 0 aliphatic carbocycles. The first-order valence-electron chi connectivity index (χ1n) is 7.72. The van der Waals surface area contributed by atoms with E-state index in [4.69, 9.17) is 11.6 Å². The van der Waals surface area contributed by atoms with Gasteiger partial charge in [0.1, 0.15) is 6.04 Å². The van der Waals surface area contributed by atoms with Crippen molar-refractivity contribution < 1.29 is 13.2 Å². The van der Waals surface area contributed by atoms with E-state index in [2.05, 4.69) is 5.32 Å². The Balaban J connectivity index is 2.33. The monoisotopic (exact) mass is 380 g/mol. The molecular weight excluding hydrogens is 360 g/mol. The van der Waals surface area contributed by atoms with Crippen molar-refractivity contribution in [1.82, 2.24) is 0 Å². The smallest absolute Gasteiger partial charge is 0.248 e. The molecule has 0 bridgehead atoms. The van der Waals surface area contributed by atoms with Crippen LogP contribution < -0.4 is 9.62 Å². The summed E-state index contributed by atoms with van der Waals surface area (Å²) in [6, 6.07) is 11.1. The normalized spacial score (nSPS) is 12.5. The molecule has 0 saturated heterocycles. The van der Waals surface area contributed by atoms with E-state index in [1.807, 2.05) is 26.0 Å². The Morgan fingerprint density at radius 3 is 2.40 bits per heavy atom. The van der Waals surface area contributed by atoms with Crippen LogP contribution in [0.3, 0.4) is 0 Å². The first-order valence-corrected chi connectivity index (χ1v) is 9.95. The standard InChI is InChI=1S/C18H21ClN2O3S/c1-12-8-9-17(13(2)10-12)20-18(22)14(3)21(25(4,23)24)16-7-5-6-15(19)11-16/h5-11,14H,1-4H3,(H,20,22)/t14-/m1/s1. The Morgan fingerprint density at radius 1 is 1.16 bits per heavy atom. The van der Waals surface area contributed by atoms with Crippen LogP contribution in [0.15, 0.2) is 42.5 Å². The maximum absolute atomic E-state index is 12.6. The minimum atomic E-state index is -3.67. The number of benzene rings is 2. The van der Waals surface area contributed by atoms with Gasteiger partial charge in [0, 0.05) is 10.7 Å². The lowest BCUT2D eigenvalue weighted by Crippen LogP contribution is -2.45. The summed E-state index contributed by atoms with van der Waals surface area (Å²) in [4.78, 5) is 12.6. The minimum Gasteiger partial charge on any atom is -0.324 e. The third-order valence-corrected chi connectivity index (χ3v) is 5.27. The van der Waals surface area contributed by atoms with Gasteiger partial charge in [0.2, 0.25) is 15.9 Å². The van der Waals surface area contributed by atoms with Crippen molar-refractivity contribution in [3.05, 3.63) is 58.6 Å². The summed E-state index contributed by atoms with van der Waals surface area (Å²) in [6.45, 7) is 5.39. The van der Waals surface area contributed by atoms with E-state index < -0.39 is 22.0 Å². The maximum atomic E-state index is 12.6. The van der Waals surface area contributed by atoms with Crippen molar-refractivity contribution in [2.75, 3.05) is 15.9 Å². The maximum Gasteiger partial charge on any atom is 0.248 e. The summed E-state index contributed by atoms with van der Waals surface area (Å²) in [6.07, 6.45) is 1.06. The topological polar surface area (TPSA) is 66.5 Å². The highest BCUT2D eigenvalue weighted by atomic mass is 35.5. The van der Waals surface area contributed by atoms with Crippen molar-refractivity contribution >= 4 is 38.9 Å². The van der Waals surface area contributed by atoms with Gasteiger partial charge in [-0.15, -0.1) is 0 Å². The van der Waals surface area contributed by atoms with E-state index in [0.717, 1.165) is 21.7 Å². The molecule has 2 aromatic carbocycles. The lowest BCUT2D eigenvalue weighted by Gasteiger charge is -2.28. The number of hydrogen-bond acceptors (Lipinski definition) is 3. The molecule has 0 aliphatic rings. The van der Waals surface area contributed by atoms with Crippen molar-refractivity contribution in [2.45, 2.75) is 26.8 Å². The Labute approximate surface area is 153 Å². The third-order valence-electron chi connectivity index (χ3n) is 3.79. The number of nitrogens with one attached hydrogen (secondary N) is 1. The van der Waals surface area contributed by atoms with E-state index in [0.29, 0.717) is 16.4 Å². The number of hydrogen-bond donors (Lipinski definition) is 1. The van der Waals surface area contributed by atoms with Crippen LogP contribution in [0.25, 0.3) is 0 Å². The van der Waals surface area contributed by atoms with E-state index in [9.17, 15) is 13.2 Å². The van der Waals surface area contributed by atoms with Crippen LogP contribution in [-0.4, -0.2) is 26.6 Å². The first-order chi connectivity index (χ1) is 11.6. The van der Waals surface area contributed by atoms with Crippen LogP contribution >= 0.6 is 11.6 Å². The number of nitrogens with zero attached hydrogens (tertiary/aromatic N) is 1. The van der Waals surface area contributed by atoms with Crippen molar-refractivity contribution in [2.24, 2.45) is 0 Å². The number of halogens is 1. The van der Waals surface area contributed by atoms with Gasteiger partial charge in [-0.3, -0.25) is 9.10 Å². The molecule has 1 amide bonds. The average Bonchev–Trinajstić information content (AvgIpc) is 2.48. The summed E-state index contributed by atoms with van der Waals surface area (Å²) in [5.74, 6) is -0.419. The summed E-state index contributed by atoms with van der Waals surface area (Å²) in [7, 11) is -3.67. The highest BCUT2D eigenvalue weighted by Gasteiger charge is 2.29. The van der Waals surface area contributed by atoms with Crippen molar-refractivity contribution in [1.29, 1.82) is 0 Å². The second-order valence-electron chi connectivity index (χ2n) is 6.02. The molecule has 0 heterocycles. The van der Waals surface area contributed by atoms with Gasteiger partial charge in [-0.25, -0.2) is 8.42 Å². The molecule has 2 aromatic rings. The minimum absolute atomic E-state index is 0.346. The largest absolute Gasteiger partial charge is 0.324 e. The van der Waals surface area contributed by atoms with Crippen LogP contribution in [0.1, 0.15) is 18.1 Å². The zero-order chi connectivity index (χ0) is 18.8. The van der Waals surface area contributed by atoms with E-state index in [1.165, 1.54) is 6.07 Å². The molecule has 2 rings (SSSR count). The molecule has 0 unspecified atom stereocenters. The molecular formula is C18H21ClN2O3S. The van der Waals surface area contributed by atoms with E-state index in [-0.39, 0.29) is 0 Å². The number of anilines is 2. The van der Waals surface area contributed by atoms with Crippen LogP contribution in [0, 0.1) is 13.8 Å². The molecule has 0 aliphatic heterocycles. The van der Waals surface area contributed by atoms with Gasteiger partial charge in [0.25, 0.3) is 0 Å². The number of aryl methyl sites for hydroxylation is 2. The summed E-state index contributed by atoms with van der Waals surface area (Å²) >= 11 is 5.97. The highest BCUT2D eigenvalue weighted by molar-refractivity contribution is 7.92. The van der Waals surface area contributed by atoms with Crippen molar-refractivity contribution in [3.8, 4) is 0 Å². The van der Waals surface area contributed by atoms with Crippen LogP contribution in [0.2, 0.25) is 5.02 Å². The second-order valence-corrected chi connectivity index (χ2v) is 8.32. The SMILES string of the molecule is Cc1ccc(NC(=O)[C@@H](C)N(c2cccc(Cl)c2)S(C)(=O)=O)c(C)c1. The number of carbonyl (C=O) groups excluding carboxylic acids is 1. The molecule has 5 nitrogen and oxygen atoms in total. The predicted octanol–water partition coefficient (Wildman–Crippen LogP) is 3.75. The Kier molecular flexibility index (Phi) is 5.75. The van der Waals surface area contributed by atoms with Crippen LogP contribution in [-0.2, 0) is 14.8 Å².